The molecule has 0 aliphatic carbocycles. The van der Waals surface area contributed by atoms with Gasteiger partial charge >= 0.3 is 0 Å². The molecular weight excluding hydrogens is 184 g/mol. The second-order valence-electron chi connectivity index (χ2n) is 2.03. The molecule has 0 bridgehead atoms. The number of hydrogen-bond acceptors (Lipinski definition) is 4. The van der Waals surface area contributed by atoms with E-state index in [9.17, 15) is 0 Å². The molecule has 5 heteroatoms. The lowest BCUT2D eigenvalue weighted by atomic mass is 10.4. The Balaban J connectivity index is 2.27. The van der Waals surface area contributed by atoms with Crippen LogP contribution < -0.4 is 4.74 Å². The van der Waals surface area contributed by atoms with E-state index in [1.54, 1.807) is 0 Å². The maximum atomic E-state index is 5.48. The summed E-state index contributed by atoms with van der Waals surface area (Å²) >= 11 is 6.67. The van der Waals surface area contributed by atoms with E-state index in [1.807, 2.05) is 0 Å². The van der Waals surface area contributed by atoms with Crippen molar-refractivity contribution in [3.63, 3.8) is 0 Å². The minimum atomic E-state index is 0.265. The minimum Gasteiger partial charge on any atom is -0.469 e. The van der Waals surface area contributed by atoms with Crippen LogP contribution in [0.15, 0.2) is 0 Å². The summed E-state index contributed by atoms with van der Waals surface area (Å²) in [6, 6.07) is 0. The fourth-order valence-corrected chi connectivity index (χ4v) is 1.24. The van der Waals surface area contributed by atoms with Crippen molar-refractivity contribution in [3.05, 3.63) is 5.28 Å². The molecule has 0 radical (unpaired) electrons. The van der Waals surface area contributed by atoms with Crippen LogP contribution in [0.3, 0.4) is 0 Å². The SMILES string of the molecule is CCCCOc1nc(Cl)ns1. The summed E-state index contributed by atoms with van der Waals surface area (Å²) in [5.74, 6) is 0. The molecule has 0 N–H and O–H groups in total. The van der Waals surface area contributed by atoms with Crippen LogP contribution in [0, 0.1) is 0 Å². The fourth-order valence-electron chi connectivity index (χ4n) is 0.555. The number of ether oxygens (including phenoxy) is 1. The lowest BCUT2D eigenvalue weighted by molar-refractivity contribution is 0.308. The molecule has 0 unspecified atom stereocenters. The maximum Gasteiger partial charge on any atom is 0.294 e. The van der Waals surface area contributed by atoms with Gasteiger partial charge in [-0.25, -0.2) is 0 Å². The van der Waals surface area contributed by atoms with Crippen molar-refractivity contribution in [2.75, 3.05) is 6.61 Å². The first-order valence-electron chi connectivity index (χ1n) is 3.45. The molecule has 0 fully saturated rings. The Hall–Kier alpha value is -0.350. The Morgan fingerprint density at radius 3 is 3.00 bits per heavy atom. The lowest BCUT2D eigenvalue weighted by Crippen LogP contribution is -1.95. The third-order valence-electron chi connectivity index (χ3n) is 1.11. The highest BCUT2D eigenvalue weighted by Gasteiger charge is 2.00. The molecule has 0 spiro atoms. The second-order valence-corrected chi connectivity index (χ2v) is 3.08. The zero-order valence-corrected chi connectivity index (χ0v) is 7.78. The first-order valence-corrected chi connectivity index (χ1v) is 4.60. The van der Waals surface area contributed by atoms with E-state index in [0.29, 0.717) is 11.8 Å². The summed E-state index contributed by atoms with van der Waals surface area (Å²) in [5.41, 5.74) is 0. The zero-order chi connectivity index (χ0) is 8.10. The van der Waals surface area contributed by atoms with Gasteiger partial charge < -0.3 is 4.74 Å². The minimum absolute atomic E-state index is 0.265. The molecule has 0 aromatic carbocycles. The van der Waals surface area contributed by atoms with Gasteiger partial charge in [-0.1, -0.05) is 13.3 Å². The highest BCUT2D eigenvalue weighted by molar-refractivity contribution is 7.07. The monoisotopic (exact) mass is 192 g/mol. The highest BCUT2D eigenvalue weighted by Crippen LogP contribution is 2.16. The first kappa shape index (κ1) is 8.74. The smallest absolute Gasteiger partial charge is 0.294 e. The maximum absolute atomic E-state index is 5.48. The third kappa shape index (κ3) is 3.03. The molecule has 1 aromatic rings. The van der Waals surface area contributed by atoms with E-state index in [1.165, 1.54) is 11.5 Å². The Bertz CT molecular complexity index is 216. The average Bonchev–Trinajstić information content (AvgIpc) is 2.37. The molecule has 0 saturated heterocycles. The largest absolute Gasteiger partial charge is 0.469 e. The molecule has 0 aliphatic rings. The van der Waals surface area contributed by atoms with Crippen LogP contribution in [-0.4, -0.2) is 16.0 Å². The van der Waals surface area contributed by atoms with E-state index < -0.39 is 0 Å². The molecule has 0 amide bonds. The molecule has 3 nitrogen and oxygen atoms in total. The van der Waals surface area contributed by atoms with Crippen molar-refractivity contribution in [3.8, 4) is 5.19 Å². The summed E-state index contributed by atoms with van der Waals surface area (Å²) in [6.07, 6.45) is 2.16. The number of halogens is 1. The molecule has 1 aromatic heterocycles. The quantitative estimate of drug-likeness (QED) is 0.688. The predicted octanol–water partition coefficient (Wildman–Crippen LogP) is 2.37. The van der Waals surface area contributed by atoms with E-state index in [0.717, 1.165) is 12.8 Å². The summed E-state index contributed by atoms with van der Waals surface area (Å²) in [5, 5.41) is 0.824. The van der Waals surface area contributed by atoms with Crippen LogP contribution in [-0.2, 0) is 0 Å². The highest BCUT2D eigenvalue weighted by atomic mass is 35.5. The molecule has 0 saturated carbocycles. The van der Waals surface area contributed by atoms with Gasteiger partial charge in [-0.3, -0.25) is 0 Å². The van der Waals surface area contributed by atoms with E-state index >= 15 is 0 Å². The van der Waals surface area contributed by atoms with Gasteiger partial charge in [0.2, 0.25) is 5.28 Å². The summed E-state index contributed by atoms with van der Waals surface area (Å²) in [4.78, 5) is 3.83. The number of aromatic nitrogens is 2. The van der Waals surface area contributed by atoms with Crippen LogP contribution in [0.25, 0.3) is 0 Å². The standard InChI is InChI=1S/C6H9ClN2OS/c1-2-3-4-10-6-8-5(7)9-11-6/h2-4H2,1H3. The van der Waals surface area contributed by atoms with E-state index in [2.05, 4.69) is 16.3 Å². The van der Waals surface area contributed by atoms with Crippen molar-refractivity contribution >= 4 is 23.1 Å². The third-order valence-corrected chi connectivity index (χ3v) is 2.00. The molecule has 1 heterocycles. The van der Waals surface area contributed by atoms with Gasteiger partial charge in [-0.15, -0.1) is 0 Å². The normalized spacial score (nSPS) is 10.0. The van der Waals surface area contributed by atoms with Crippen LogP contribution in [0.1, 0.15) is 19.8 Å². The van der Waals surface area contributed by atoms with Crippen molar-refractivity contribution < 1.29 is 4.74 Å². The first-order chi connectivity index (χ1) is 5.33. The summed E-state index contributed by atoms with van der Waals surface area (Å²) < 4.78 is 8.99. The van der Waals surface area contributed by atoms with Gasteiger partial charge in [-0.05, 0) is 18.0 Å². The van der Waals surface area contributed by atoms with Crippen molar-refractivity contribution in [2.24, 2.45) is 0 Å². The zero-order valence-electron chi connectivity index (χ0n) is 6.21. The molecule has 1 rings (SSSR count). The van der Waals surface area contributed by atoms with Crippen molar-refractivity contribution in [1.82, 2.24) is 9.36 Å². The molecule has 0 aliphatic heterocycles. The second kappa shape index (κ2) is 4.51. The summed E-state index contributed by atoms with van der Waals surface area (Å²) in [6.45, 7) is 2.80. The average molecular weight is 193 g/mol. The van der Waals surface area contributed by atoms with Crippen LogP contribution in [0.5, 0.6) is 5.19 Å². The molecular formula is C6H9ClN2OS. The van der Waals surface area contributed by atoms with Crippen molar-refractivity contribution in [1.29, 1.82) is 0 Å². The van der Waals surface area contributed by atoms with E-state index in [-0.39, 0.29) is 5.28 Å². The van der Waals surface area contributed by atoms with E-state index in [4.69, 9.17) is 16.3 Å². The van der Waals surface area contributed by atoms with Gasteiger partial charge in [0.05, 0.1) is 6.61 Å². The van der Waals surface area contributed by atoms with Crippen LogP contribution in [0.2, 0.25) is 5.28 Å². The van der Waals surface area contributed by atoms with Gasteiger partial charge in [0.15, 0.2) is 0 Å². The Morgan fingerprint density at radius 2 is 2.45 bits per heavy atom. The topological polar surface area (TPSA) is 35.0 Å². The van der Waals surface area contributed by atoms with Gasteiger partial charge in [0.25, 0.3) is 5.19 Å². The molecule has 62 valence electrons. The molecule has 11 heavy (non-hydrogen) atoms. The summed E-state index contributed by atoms with van der Waals surface area (Å²) in [7, 11) is 0. The Kier molecular flexibility index (Phi) is 3.59. The van der Waals surface area contributed by atoms with Gasteiger partial charge in [-0.2, -0.15) is 9.36 Å². The molecule has 0 atom stereocenters. The Morgan fingerprint density at radius 1 is 1.64 bits per heavy atom. The lowest BCUT2D eigenvalue weighted by Gasteiger charge is -1.97. The van der Waals surface area contributed by atoms with Gasteiger partial charge in [0.1, 0.15) is 0 Å². The number of unbranched alkanes of at least 4 members (excludes halogenated alkanes) is 1. The van der Waals surface area contributed by atoms with Crippen LogP contribution in [0.4, 0.5) is 0 Å². The number of nitrogens with zero attached hydrogens (tertiary/aromatic N) is 2. The number of rotatable bonds is 4. The Labute approximate surface area is 74.5 Å². The van der Waals surface area contributed by atoms with Crippen LogP contribution >= 0.6 is 23.1 Å². The van der Waals surface area contributed by atoms with Gasteiger partial charge in [0, 0.05) is 11.5 Å². The fraction of sp³-hybridized carbons (Fsp3) is 0.667. The predicted molar refractivity (Wildman–Crippen MR) is 45.3 cm³/mol. The number of hydrogen-bond donors (Lipinski definition) is 0. The van der Waals surface area contributed by atoms with Crippen molar-refractivity contribution in [2.45, 2.75) is 19.8 Å².